The van der Waals surface area contributed by atoms with Gasteiger partial charge in [0.15, 0.2) is 5.75 Å². The fourth-order valence-electron chi connectivity index (χ4n) is 4.06. The van der Waals surface area contributed by atoms with Gasteiger partial charge in [-0.1, -0.05) is 0 Å². The number of likely N-dealkylation sites (tertiary alicyclic amines) is 1. The van der Waals surface area contributed by atoms with Gasteiger partial charge in [0.25, 0.3) is 0 Å². The van der Waals surface area contributed by atoms with E-state index in [1.807, 2.05) is 51.7 Å². The highest BCUT2D eigenvalue weighted by atomic mass is 16.6. The Morgan fingerprint density at radius 2 is 1.90 bits per heavy atom. The summed E-state index contributed by atoms with van der Waals surface area (Å²) in [6, 6.07) is 3.82. The Labute approximate surface area is 176 Å². The van der Waals surface area contributed by atoms with Crippen LogP contribution < -0.4 is 9.47 Å². The van der Waals surface area contributed by atoms with E-state index in [0.717, 1.165) is 24.1 Å². The molecule has 0 radical (unpaired) electrons. The molecule has 160 valence electrons. The quantitative estimate of drug-likeness (QED) is 0.748. The summed E-state index contributed by atoms with van der Waals surface area (Å²) in [5.41, 5.74) is 1.04. The number of rotatable bonds is 4. The molecule has 2 aromatic rings. The summed E-state index contributed by atoms with van der Waals surface area (Å²) < 4.78 is 17.7. The molecule has 0 N–H and O–H groups in total. The Balaban J connectivity index is 1.42. The molecular formula is C22H28N4O4. The molecule has 2 bridgehead atoms. The molecule has 0 aromatic carbocycles. The number of ether oxygens (including phenoxy) is 3. The number of piperidine rings is 1. The predicted octanol–water partition coefficient (Wildman–Crippen LogP) is 4.06. The highest BCUT2D eigenvalue weighted by molar-refractivity contribution is 5.69. The zero-order valence-electron chi connectivity index (χ0n) is 18.1. The second-order valence-electron chi connectivity index (χ2n) is 8.97. The van der Waals surface area contributed by atoms with Crippen molar-refractivity contribution in [2.45, 2.75) is 65.2 Å². The largest absolute Gasteiger partial charge is 0.474 e. The van der Waals surface area contributed by atoms with Crippen LogP contribution >= 0.6 is 0 Å². The van der Waals surface area contributed by atoms with E-state index in [2.05, 4.69) is 15.0 Å². The van der Waals surface area contributed by atoms with Crippen LogP contribution in [-0.4, -0.2) is 50.2 Å². The molecule has 1 amide bonds. The zero-order chi connectivity index (χ0) is 21.5. The van der Waals surface area contributed by atoms with E-state index >= 15 is 0 Å². The van der Waals surface area contributed by atoms with Gasteiger partial charge in [-0.2, -0.15) is 0 Å². The third kappa shape index (κ3) is 4.17. The van der Waals surface area contributed by atoms with E-state index < -0.39 is 5.60 Å². The van der Waals surface area contributed by atoms with Crippen molar-refractivity contribution in [3.8, 4) is 17.5 Å². The second kappa shape index (κ2) is 7.74. The van der Waals surface area contributed by atoms with E-state index in [4.69, 9.17) is 14.2 Å². The minimum absolute atomic E-state index is 0.00950. The fourth-order valence-corrected chi connectivity index (χ4v) is 4.06. The van der Waals surface area contributed by atoms with Crippen LogP contribution in [0.1, 0.15) is 44.9 Å². The molecule has 8 nitrogen and oxygen atoms in total. The molecule has 2 aromatic heterocycles. The van der Waals surface area contributed by atoms with Crippen LogP contribution in [-0.2, 0) is 4.74 Å². The lowest BCUT2D eigenvalue weighted by Crippen LogP contribution is -2.45. The molecule has 1 saturated carbocycles. The van der Waals surface area contributed by atoms with Crippen molar-refractivity contribution in [1.82, 2.24) is 19.9 Å². The topological polar surface area (TPSA) is 86.7 Å². The Morgan fingerprint density at radius 3 is 2.57 bits per heavy atom. The number of hydrogen-bond acceptors (Lipinski definition) is 7. The van der Waals surface area contributed by atoms with Crippen molar-refractivity contribution in [2.24, 2.45) is 5.92 Å². The predicted molar refractivity (Wildman–Crippen MR) is 110 cm³/mol. The Bertz CT molecular complexity index is 943. The van der Waals surface area contributed by atoms with Gasteiger partial charge in [-0.3, -0.25) is 4.98 Å². The molecule has 2 fully saturated rings. The molecule has 0 unspecified atom stereocenters. The first-order chi connectivity index (χ1) is 14.2. The van der Waals surface area contributed by atoms with Gasteiger partial charge in [0, 0.05) is 31.1 Å². The smallest absolute Gasteiger partial charge is 0.410 e. The standard InChI is InChI=1S/C22H28N4O4/c1-13-19(28-17-7-6-8-23-14(17)2)24-12-25-20(13)29-18-10-16-9-15(18)11-26(16)21(27)30-22(3,4)5/h6-8,12,15-16,18H,9-11H2,1-5H3/t15-,16-,18+/m0/s1. The summed E-state index contributed by atoms with van der Waals surface area (Å²) in [5, 5.41) is 0. The zero-order valence-corrected chi connectivity index (χ0v) is 18.1. The number of nitrogens with zero attached hydrogens (tertiary/aromatic N) is 4. The van der Waals surface area contributed by atoms with E-state index in [-0.39, 0.29) is 24.2 Å². The minimum Gasteiger partial charge on any atom is -0.474 e. The molecule has 30 heavy (non-hydrogen) atoms. The number of aromatic nitrogens is 3. The molecule has 3 heterocycles. The lowest BCUT2D eigenvalue weighted by atomic mass is 10.1. The number of carbonyl (C=O) groups is 1. The SMILES string of the molecule is Cc1ncccc1Oc1ncnc(O[C@@H]2C[C@@H]3C[C@H]2CN3C(=O)OC(C)(C)C)c1C. The summed E-state index contributed by atoms with van der Waals surface area (Å²) in [5.74, 6) is 1.89. The van der Waals surface area contributed by atoms with Crippen LogP contribution in [0.3, 0.4) is 0 Å². The van der Waals surface area contributed by atoms with Crippen LogP contribution in [0.15, 0.2) is 24.7 Å². The van der Waals surface area contributed by atoms with Crippen molar-refractivity contribution >= 4 is 6.09 Å². The van der Waals surface area contributed by atoms with E-state index in [0.29, 0.717) is 24.1 Å². The molecular weight excluding hydrogens is 384 g/mol. The monoisotopic (exact) mass is 412 g/mol. The lowest BCUT2D eigenvalue weighted by Gasteiger charge is -2.33. The normalized spacial score (nSPS) is 22.8. The van der Waals surface area contributed by atoms with Crippen LogP contribution in [0.2, 0.25) is 0 Å². The summed E-state index contributed by atoms with van der Waals surface area (Å²) in [6.45, 7) is 10.1. The number of aryl methyl sites for hydroxylation is 1. The maximum Gasteiger partial charge on any atom is 0.410 e. The van der Waals surface area contributed by atoms with Gasteiger partial charge in [0.2, 0.25) is 11.8 Å². The van der Waals surface area contributed by atoms with E-state index in [1.165, 1.54) is 6.33 Å². The number of fused-ring (bicyclic) bond motifs is 2. The van der Waals surface area contributed by atoms with Gasteiger partial charge in [0.1, 0.15) is 18.0 Å². The molecule has 4 rings (SSSR count). The van der Waals surface area contributed by atoms with Gasteiger partial charge in [-0.25, -0.2) is 14.8 Å². The first-order valence-corrected chi connectivity index (χ1v) is 10.3. The van der Waals surface area contributed by atoms with Gasteiger partial charge >= 0.3 is 6.09 Å². The molecule has 3 atom stereocenters. The number of pyridine rings is 1. The molecule has 8 heteroatoms. The van der Waals surface area contributed by atoms with E-state index in [9.17, 15) is 4.79 Å². The number of amides is 1. The fraction of sp³-hybridized carbons (Fsp3) is 0.545. The van der Waals surface area contributed by atoms with Crippen molar-refractivity contribution in [1.29, 1.82) is 0 Å². The Kier molecular flexibility index (Phi) is 5.26. The highest BCUT2D eigenvalue weighted by Gasteiger charge is 2.49. The molecule has 1 aliphatic carbocycles. The van der Waals surface area contributed by atoms with Crippen molar-refractivity contribution in [3.05, 3.63) is 35.9 Å². The van der Waals surface area contributed by atoms with E-state index in [1.54, 1.807) is 6.20 Å². The molecule has 2 aliphatic rings. The summed E-state index contributed by atoms with van der Waals surface area (Å²) in [7, 11) is 0. The summed E-state index contributed by atoms with van der Waals surface area (Å²) in [6.07, 6.45) is 4.63. The highest BCUT2D eigenvalue weighted by Crippen LogP contribution is 2.41. The second-order valence-corrected chi connectivity index (χ2v) is 8.97. The Morgan fingerprint density at radius 1 is 1.13 bits per heavy atom. The maximum absolute atomic E-state index is 12.4. The van der Waals surface area contributed by atoms with Crippen LogP contribution in [0.4, 0.5) is 4.79 Å². The molecule has 1 aliphatic heterocycles. The number of hydrogen-bond donors (Lipinski definition) is 0. The first-order valence-electron chi connectivity index (χ1n) is 10.3. The molecule has 1 saturated heterocycles. The maximum atomic E-state index is 12.4. The van der Waals surface area contributed by atoms with Gasteiger partial charge in [0.05, 0.1) is 11.3 Å². The minimum atomic E-state index is -0.490. The third-order valence-corrected chi connectivity index (χ3v) is 5.52. The van der Waals surface area contributed by atoms with Crippen LogP contribution in [0.25, 0.3) is 0 Å². The van der Waals surface area contributed by atoms with Crippen molar-refractivity contribution in [3.63, 3.8) is 0 Å². The van der Waals surface area contributed by atoms with Crippen LogP contribution in [0.5, 0.6) is 17.5 Å². The average Bonchev–Trinajstić information content (AvgIpc) is 3.26. The van der Waals surface area contributed by atoms with Gasteiger partial charge in [-0.05, 0) is 53.2 Å². The first kappa shape index (κ1) is 20.4. The lowest BCUT2D eigenvalue weighted by molar-refractivity contribution is 0.0101. The molecule has 0 spiro atoms. The summed E-state index contributed by atoms with van der Waals surface area (Å²) in [4.78, 5) is 27.1. The third-order valence-electron chi connectivity index (χ3n) is 5.52. The van der Waals surface area contributed by atoms with Gasteiger partial charge < -0.3 is 19.1 Å². The van der Waals surface area contributed by atoms with Crippen LogP contribution in [0, 0.1) is 19.8 Å². The number of carbonyl (C=O) groups excluding carboxylic acids is 1. The summed E-state index contributed by atoms with van der Waals surface area (Å²) >= 11 is 0. The van der Waals surface area contributed by atoms with Gasteiger partial charge in [-0.15, -0.1) is 0 Å². The van der Waals surface area contributed by atoms with Crippen molar-refractivity contribution < 1.29 is 19.0 Å². The average molecular weight is 412 g/mol. The van der Waals surface area contributed by atoms with Crippen molar-refractivity contribution in [2.75, 3.05) is 6.54 Å². The Hall–Kier alpha value is -2.90.